The van der Waals surface area contributed by atoms with Gasteiger partial charge in [-0.05, 0) is 30.9 Å². The van der Waals surface area contributed by atoms with E-state index < -0.39 is 0 Å². The Balaban J connectivity index is 1.58. The van der Waals surface area contributed by atoms with Gasteiger partial charge in [0.05, 0.1) is 11.6 Å². The summed E-state index contributed by atoms with van der Waals surface area (Å²) in [7, 11) is 0. The van der Waals surface area contributed by atoms with E-state index >= 15 is 0 Å². The fourth-order valence-corrected chi connectivity index (χ4v) is 4.43. The van der Waals surface area contributed by atoms with Gasteiger partial charge in [0.15, 0.2) is 5.84 Å². The quantitative estimate of drug-likeness (QED) is 0.246. The molecule has 0 amide bonds. The van der Waals surface area contributed by atoms with E-state index in [1.165, 1.54) is 24.6 Å². The number of aromatic nitrogens is 2. The third kappa shape index (κ3) is 5.00. The molecule has 1 fully saturated rings. The third-order valence-electron chi connectivity index (χ3n) is 6.21. The first kappa shape index (κ1) is 22.4. The van der Waals surface area contributed by atoms with E-state index in [9.17, 15) is 0 Å². The first-order valence-electron chi connectivity index (χ1n) is 11.4. The summed E-state index contributed by atoms with van der Waals surface area (Å²) >= 11 is 0. The van der Waals surface area contributed by atoms with Crippen LogP contribution in [0, 0.1) is 6.92 Å². The maximum Gasteiger partial charge on any atom is 0.155 e. The van der Waals surface area contributed by atoms with Gasteiger partial charge in [-0.3, -0.25) is 10.1 Å². The molecule has 0 radical (unpaired) electrons. The average Bonchev–Trinajstić information content (AvgIpc) is 3.50. The minimum atomic E-state index is 0.413. The van der Waals surface area contributed by atoms with Crippen LogP contribution >= 0.6 is 0 Å². The van der Waals surface area contributed by atoms with Gasteiger partial charge in [0.25, 0.3) is 0 Å². The summed E-state index contributed by atoms with van der Waals surface area (Å²) in [4.78, 5) is 0. The van der Waals surface area contributed by atoms with E-state index in [0.717, 1.165) is 46.6 Å². The van der Waals surface area contributed by atoms with Crippen molar-refractivity contribution in [1.82, 2.24) is 20.5 Å². The lowest BCUT2D eigenvalue weighted by Gasteiger charge is -2.12. The number of hydrogen-bond donors (Lipinski definition) is 3. The zero-order valence-electron chi connectivity index (χ0n) is 19.2. The molecule has 6 nitrogen and oxygen atoms in total. The van der Waals surface area contributed by atoms with E-state index in [1.807, 2.05) is 18.2 Å². The molecule has 2 aromatic carbocycles. The Kier molecular flexibility index (Phi) is 6.93. The van der Waals surface area contributed by atoms with Crippen LogP contribution in [0.15, 0.2) is 79.1 Å². The van der Waals surface area contributed by atoms with Crippen molar-refractivity contribution in [1.29, 1.82) is 0 Å². The molecule has 1 saturated carbocycles. The highest BCUT2D eigenvalue weighted by Gasteiger charge is 2.25. The van der Waals surface area contributed by atoms with Crippen LogP contribution in [0.3, 0.4) is 0 Å². The Morgan fingerprint density at radius 3 is 2.52 bits per heavy atom. The molecule has 1 aliphatic carbocycles. The van der Waals surface area contributed by atoms with Crippen molar-refractivity contribution >= 4 is 11.5 Å². The summed E-state index contributed by atoms with van der Waals surface area (Å²) in [5, 5.41) is 12.7. The Morgan fingerprint density at radius 1 is 1.15 bits per heavy atom. The molecule has 4 rings (SSSR count). The number of hydrazone groups is 1. The van der Waals surface area contributed by atoms with Gasteiger partial charge in [-0.1, -0.05) is 80.6 Å². The highest BCUT2D eigenvalue weighted by molar-refractivity contribution is 6.03. The van der Waals surface area contributed by atoms with Gasteiger partial charge in [0.1, 0.15) is 5.69 Å². The monoisotopic (exact) mass is 440 g/mol. The molecule has 0 bridgehead atoms. The first-order chi connectivity index (χ1) is 16.1. The summed E-state index contributed by atoms with van der Waals surface area (Å²) in [6, 6.07) is 19.0. The largest absolute Gasteiger partial charge is 0.382 e. The maximum atomic E-state index is 6.36. The lowest BCUT2D eigenvalue weighted by Crippen LogP contribution is -2.19. The van der Waals surface area contributed by atoms with Crippen molar-refractivity contribution in [3.8, 4) is 11.3 Å². The lowest BCUT2D eigenvalue weighted by molar-refractivity contribution is 0.457. The highest BCUT2D eigenvalue weighted by Crippen LogP contribution is 2.34. The Bertz CT molecular complexity index is 1140. The summed E-state index contributed by atoms with van der Waals surface area (Å²) in [5.74, 6) is 0.413. The highest BCUT2D eigenvalue weighted by atomic mass is 15.3. The second kappa shape index (κ2) is 10.2. The van der Waals surface area contributed by atoms with Gasteiger partial charge >= 0.3 is 0 Å². The van der Waals surface area contributed by atoms with Crippen LogP contribution in [0.5, 0.6) is 0 Å². The molecule has 1 heterocycles. The van der Waals surface area contributed by atoms with Gasteiger partial charge in [0, 0.05) is 29.7 Å². The normalized spacial score (nSPS) is 14.3. The number of nitrogens with zero attached hydrogens (tertiary/aromatic N) is 3. The van der Waals surface area contributed by atoms with Crippen LogP contribution in [0.25, 0.3) is 17.0 Å². The van der Waals surface area contributed by atoms with E-state index in [4.69, 9.17) is 10.8 Å². The molecule has 170 valence electrons. The number of benzene rings is 2. The zero-order valence-corrected chi connectivity index (χ0v) is 19.2. The summed E-state index contributed by atoms with van der Waals surface area (Å²) < 4.78 is 2.15. The second-order valence-electron chi connectivity index (χ2n) is 8.42. The predicted octanol–water partition coefficient (Wildman–Crippen LogP) is 5.09. The fraction of sp³-hybridized carbons (Fsp3) is 0.259. The molecular weight excluding hydrogens is 408 g/mol. The van der Waals surface area contributed by atoms with Crippen molar-refractivity contribution in [2.24, 2.45) is 10.8 Å². The van der Waals surface area contributed by atoms with Gasteiger partial charge in [-0.25, -0.2) is 0 Å². The molecule has 0 saturated heterocycles. The minimum Gasteiger partial charge on any atom is -0.382 e. The minimum absolute atomic E-state index is 0.413. The van der Waals surface area contributed by atoms with Gasteiger partial charge in [-0.15, -0.1) is 0 Å². The van der Waals surface area contributed by atoms with Crippen LogP contribution < -0.4 is 16.5 Å². The summed E-state index contributed by atoms with van der Waals surface area (Å²) in [6.07, 6.45) is 6.30. The van der Waals surface area contributed by atoms with E-state index in [-0.39, 0.29) is 0 Å². The number of amidine groups is 1. The van der Waals surface area contributed by atoms with Crippen LogP contribution in [0.4, 0.5) is 0 Å². The molecule has 3 aromatic rings. The second-order valence-corrected chi connectivity index (χ2v) is 8.42. The molecule has 0 spiro atoms. The molecule has 0 unspecified atom stereocenters. The van der Waals surface area contributed by atoms with Crippen molar-refractivity contribution in [3.05, 3.63) is 96.3 Å². The number of nitrogens with one attached hydrogen (secondary N) is 2. The Hall–Kier alpha value is -3.80. The van der Waals surface area contributed by atoms with Crippen LogP contribution in [0.1, 0.15) is 54.1 Å². The predicted molar refractivity (Wildman–Crippen MR) is 136 cm³/mol. The van der Waals surface area contributed by atoms with E-state index in [1.54, 1.807) is 0 Å². The fourth-order valence-electron chi connectivity index (χ4n) is 4.43. The molecular formula is C27H32N6. The van der Waals surface area contributed by atoms with Crippen molar-refractivity contribution < 1.29 is 0 Å². The van der Waals surface area contributed by atoms with Crippen molar-refractivity contribution in [2.45, 2.75) is 45.2 Å². The first-order valence-corrected chi connectivity index (χ1v) is 11.4. The standard InChI is InChI=1S/C27H32N6/c1-4-30-31-27(28)25-20(3)33(24-12-8-9-13-24)32-26(25)23-16-14-21(15-17-23)18-29-19(2)22-10-6-5-7-11-22/h4-7,10-11,14-17,24,29-30H,1-2,8-9,12-13,18H2,3H3,(H2,28,31). The Labute approximate surface area is 195 Å². The maximum absolute atomic E-state index is 6.36. The molecule has 1 aromatic heterocycles. The topological polar surface area (TPSA) is 80.3 Å². The number of nitrogens with two attached hydrogens (primary N) is 1. The molecule has 0 atom stereocenters. The zero-order chi connectivity index (χ0) is 23.2. The van der Waals surface area contributed by atoms with Gasteiger partial charge < -0.3 is 11.1 Å². The van der Waals surface area contributed by atoms with Crippen molar-refractivity contribution in [2.75, 3.05) is 0 Å². The van der Waals surface area contributed by atoms with E-state index in [0.29, 0.717) is 18.4 Å². The molecule has 1 aliphatic rings. The molecule has 0 aliphatic heterocycles. The number of hydrogen-bond acceptors (Lipinski definition) is 4. The molecule has 6 heteroatoms. The van der Waals surface area contributed by atoms with Gasteiger partial charge in [-0.2, -0.15) is 10.2 Å². The summed E-state index contributed by atoms with van der Waals surface area (Å²) in [6.45, 7) is 10.6. The van der Waals surface area contributed by atoms with Crippen LogP contribution in [-0.2, 0) is 6.54 Å². The van der Waals surface area contributed by atoms with Crippen molar-refractivity contribution in [3.63, 3.8) is 0 Å². The van der Waals surface area contributed by atoms with E-state index in [2.05, 4.69) is 77.0 Å². The third-order valence-corrected chi connectivity index (χ3v) is 6.21. The van der Waals surface area contributed by atoms with Crippen LogP contribution in [-0.4, -0.2) is 15.6 Å². The SMILES string of the molecule is C=CN/N=C(/N)c1c(-c2ccc(CNC(=C)c3ccccc3)cc2)nn(C2CCCC2)c1C. The average molecular weight is 441 g/mol. The summed E-state index contributed by atoms with van der Waals surface area (Å²) in [5.41, 5.74) is 16.1. The smallest absolute Gasteiger partial charge is 0.155 e. The van der Waals surface area contributed by atoms with Crippen LogP contribution in [0.2, 0.25) is 0 Å². The van der Waals surface area contributed by atoms with Gasteiger partial charge in [0.2, 0.25) is 0 Å². The molecule has 4 N–H and O–H groups in total. The molecule has 33 heavy (non-hydrogen) atoms. The Morgan fingerprint density at radius 2 is 1.85 bits per heavy atom. The number of rotatable bonds is 9. The lowest BCUT2D eigenvalue weighted by atomic mass is 10.0.